The van der Waals surface area contributed by atoms with Crippen LogP contribution in [0.25, 0.3) is 0 Å². The molecule has 0 N–H and O–H groups in total. The molecule has 0 unspecified atom stereocenters. The number of halogens is 5. The van der Waals surface area contributed by atoms with Gasteiger partial charge in [0.25, 0.3) is 0 Å². The number of carbonyl (C=O) groups excluding carboxylic acids is 1. The molecule has 0 bridgehead atoms. The third kappa shape index (κ3) is 6.93. The minimum Gasteiger partial charge on any atom is -0.493 e. The summed E-state index contributed by atoms with van der Waals surface area (Å²) in [4.78, 5) is 12.1. The van der Waals surface area contributed by atoms with Crippen LogP contribution in [0.3, 0.4) is 0 Å². The molecule has 2 aromatic carbocycles. The summed E-state index contributed by atoms with van der Waals surface area (Å²) in [5.41, 5.74) is -1.04. The van der Waals surface area contributed by atoms with Crippen LogP contribution in [-0.2, 0) is 0 Å². The van der Waals surface area contributed by atoms with Gasteiger partial charge in [0, 0.05) is 24.3 Å². The third-order valence-corrected chi connectivity index (χ3v) is 6.31. The van der Waals surface area contributed by atoms with Gasteiger partial charge in [-0.15, -0.1) is 0 Å². The monoisotopic (exact) mass is 484 g/mol. The molecule has 8 heteroatoms. The van der Waals surface area contributed by atoms with Crippen LogP contribution in [0.5, 0.6) is 11.5 Å². The van der Waals surface area contributed by atoms with Crippen molar-refractivity contribution in [1.29, 1.82) is 0 Å². The van der Waals surface area contributed by atoms with Gasteiger partial charge in [-0.3, -0.25) is 0 Å². The van der Waals surface area contributed by atoms with E-state index in [9.17, 15) is 26.7 Å². The summed E-state index contributed by atoms with van der Waals surface area (Å²) in [5.74, 6) is -8.69. The number of hydrogen-bond acceptors (Lipinski definition) is 3. The summed E-state index contributed by atoms with van der Waals surface area (Å²) >= 11 is 0. The molecule has 3 rings (SSSR count). The van der Waals surface area contributed by atoms with E-state index in [1.165, 1.54) is 32.1 Å². The van der Waals surface area contributed by atoms with Crippen molar-refractivity contribution >= 4 is 5.97 Å². The van der Waals surface area contributed by atoms with E-state index in [4.69, 9.17) is 4.74 Å². The van der Waals surface area contributed by atoms with Crippen LogP contribution in [0.1, 0.15) is 75.1 Å². The van der Waals surface area contributed by atoms with Gasteiger partial charge < -0.3 is 9.47 Å². The minimum absolute atomic E-state index is 0.0629. The maximum Gasteiger partial charge on any atom is 0.349 e. The van der Waals surface area contributed by atoms with Crippen molar-refractivity contribution in [3.63, 3.8) is 0 Å². The normalized spacial score (nSPS) is 18.1. The van der Waals surface area contributed by atoms with Gasteiger partial charge in [0.15, 0.2) is 17.5 Å². The Hall–Kier alpha value is -2.64. The second kappa shape index (κ2) is 12.2. The summed E-state index contributed by atoms with van der Waals surface area (Å²) in [5, 5.41) is 0. The van der Waals surface area contributed by atoms with Gasteiger partial charge in [-0.25, -0.2) is 26.7 Å². The van der Waals surface area contributed by atoms with Crippen LogP contribution >= 0.6 is 0 Å². The largest absolute Gasteiger partial charge is 0.493 e. The molecule has 186 valence electrons. The lowest BCUT2D eigenvalue weighted by Gasteiger charge is -2.28. The number of benzene rings is 2. The Morgan fingerprint density at radius 1 is 0.794 bits per heavy atom. The molecule has 2 aromatic rings. The summed E-state index contributed by atoms with van der Waals surface area (Å²) in [7, 11) is 0. The van der Waals surface area contributed by atoms with E-state index >= 15 is 0 Å². The van der Waals surface area contributed by atoms with Crippen molar-refractivity contribution in [2.75, 3.05) is 6.61 Å². The van der Waals surface area contributed by atoms with E-state index < -0.39 is 46.4 Å². The third-order valence-electron chi connectivity index (χ3n) is 6.31. The Bertz CT molecular complexity index is 940. The molecule has 0 spiro atoms. The van der Waals surface area contributed by atoms with E-state index in [0.717, 1.165) is 43.7 Å². The first kappa shape index (κ1) is 26.0. The summed E-state index contributed by atoms with van der Waals surface area (Å²) in [6.45, 7) is 2.51. The van der Waals surface area contributed by atoms with Crippen LogP contribution in [0.15, 0.2) is 24.3 Å². The average molecular weight is 485 g/mol. The molecule has 0 aliphatic heterocycles. The van der Waals surface area contributed by atoms with Gasteiger partial charge in [0.05, 0.1) is 6.61 Å². The number of hydrogen-bond donors (Lipinski definition) is 0. The summed E-state index contributed by atoms with van der Waals surface area (Å²) < 4.78 is 78.7. The first-order valence-electron chi connectivity index (χ1n) is 11.8. The molecule has 1 fully saturated rings. The van der Waals surface area contributed by atoms with Gasteiger partial charge in [0.2, 0.25) is 0 Å². The van der Waals surface area contributed by atoms with Gasteiger partial charge in [-0.1, -0.05) is 51.9 Å². The van der Waals surface area contributed by atoms with Gasteiger partial charge in [-0.05, 0) is 24.7 Å². The van der Waals surface area contributed by atoms with Crippen molar-refractivity contribution in [2.45, 2.75) is 64.7 Å². The van der Waals surface area contributed by atoms with E-state index in [1.54, 1.807) is 0 Å². The van der Waals surface area contributed by atoms with Gasteiger partial charge in [-0.2, -0.15) is 0 Å². The topological polar surface area (TPSA) is 35.5 Å². The molecule has 1 saturated carbocycles. The molecule has 0 heterocycles. The summed E-state index contributed by atoms with van der Waals surface area (Å²) in [6.07, 6.45) is 10.5. The van der Waals surface area contributed by atoms with E-state index in [-0.39, 0.29) is 5.75 Å². The predicted molar refractivity (Wildman–Crippen MR) is 117 cm³/mol. The Kier molecular flexibility index (Phi) is 9.30. The molecule has 0 amide bonds. The zero-order valence-corrected chi connectivity index (χ0v) is 19.1. The Labute approximate surface area is 196 Å². The highest BCUT2D eigenvalue weighted by Gasteiger charge is 2.24. The number of ether oxygens (including phenoxy) is 2. The molecule has 1 aliphatic rings. The summed E-state index contributed by atoms with van der Waals surface area (Å²) in [6, 6.07) is 2.54. The van der Waals surface area contributed by atoms with E-state index in [2.05, 4.69) is 11.7 Å². The first-order valence-corrected chi connectivity index (χ1v) is 11.8. The highest BCUT2D eigenvalue weighted by molar-refractivity contribution is 5.91. The van der Waals surface area contributed by atoms with Crippen molar-refractivity contribution in [3.8, 4) is 11.5 Å². The van der Waals surface area contributed by atoms with Crippen LogP contribution in [-0.4, -0.2) is 12.6 Å². The fourth-order valence-electron chi connectivity index (χ4n) is 4.34. The molecule has 1 aliphatic carbocycles. The lowest BCUT2D eigenvalue weighted by atomic mass is 9.80. The lowest BCUT2D eigenvalue weighted by molar-refractivity contribution is 0.0723. The molecule has 0 aromatic heterocycles. The van der Waals surface area contributed by atoms with Crippen LogP contribution in [0, 0.1) is 40.9 Å². The standard InChI is InChI=1S/C26H29F5O3/c1-2-3-4-5-6-16-7-9-17(10-8-16)15-33-18-11-20(27)24(21(28)12-18)26(32)34-19-13-22(29)25(31)23(30)14-19/h11-14,16-17H,2-10,15H2,1H3/t16-,17-. The highest BCUT2D eigenvalue weighted by Crippen LogP contribution is 2.33. The van der Waals surface area contributed by atoms with E-state index in [0.29, 0.717) is 24.7 Å². The maximum atomic E-state index is 14.4. The second-order valence-corrected chi connectivity index (χ2v) is 8.90. The van der Waals surface area contributed by atoms with Crippen molar-refractivity contribution in [3.05, 3.63) is 58.9 Å². The Balaban J connectivity index is 1.53. The smallest absolute Gasteiger partial charge is 0.349 e. The lowest BCUT2D eigenvalue weighted by Crippen LogP contribution is -2.20. The van der Waals surface area contributed by atoms with Gasteiger partial charge in [0.1, 0.15) is 28.7 Å². The Morgan fingerprint density at radius 3 is 1.94 bits per heavy atom. The van der Waals surface area contributed by atoms with Crippen LogP contribution < -0.4 is 9.47 Å². The van der Waals surface area contributed by atoms with Crippen LogP contribution in [0.2, 0.25) is 0 Å². The molecular weight excluding hydrogens is 455 g/mol. The number of unbranched alkanes of at least 4 members (excludes halogenated alkanes) is 3. The van der Waals surface area contributed by atoms with Crippen LogP contribution in [0.4, 0.5) is 22.0 Å². The first-order chi connectivity index (χ1) is 16.3. The maximum absolute atomic E-state index is 14.4. The molecule has 0 radical (unpaired) electrons. The number of carbonyl (C=O) groups is 1. The average Bonchev–Trinajstić information content (AvgIpc) is 2.79. The number of rotatable bonds is 10. The fraction of sp³-hybridized carbons (Fsp3) is 0.500. The van der Waals surface area contributed by atoms with Crippen molar-refractivity contribution < 1.29 is 36.2 Å². The second-order valence-electron chi connectivity index (χ2n) is 8.90. The zero-order chi connectivity index (χ0) is 24.7. The molecule has 0 saturated heterocycles. The molecular formula is C26H29F5O3. The molecule has 0 atom stereocenters. The fourth-order valence-corrected chi connectivity index (χ4v) is 4.34. The van der Waals surface area contributed by atoms with E-state index in [1.807, 2.05) is 0 Å². The number of esters is 1. The molecule has 34 heavy (non-hydrogen) atoms. The SMILES string of the molecule is CCCCCC[C@H]1CC[C@H](COc2cc(F)c(C(=O)Oc3cc(F)c(F)c(F)c3)c(F)c2)CC1. The van der Waals surface area contributed by atoms with Crippen molar-refractivity contribution in [2.24, 2.45) is 11.8 Å². The minimum atomic E-state index is -1.75. The zero-order valence-electron chi connectivity index (χ0n) is 19.1. The Morgan fingerprint density at radius 2 is 1.35 bits per heavy atom. The predicted octanol–water partition coefficient (Wildman–Crippen LogP) is 7.76. The quantitative estimate of drug-likeness (QED) is 0.114. The molecule has 3 nitrogen and oxygen atoms in total. The van der Waals surface area contributed by atoms with Crippen molar-refractivity contribution in [1.82, 2.24) is 0 Å². The van der Waals surface area contributed by atoms with Gasteiger partial charge >= 0.3 is 5.97 Å². The highest BCUT2D eigenvalue weighted by atomic mass is 19.2.